The van der Waals surface area contributed by atoms with E-state index in [9.17, 15) is 9.59 Å². The molecule has 0 bridgehead atoms. The summed E-state index contributed by atoms with van der Waals surface area (Å²) in [7, 11) is 0. The van der Waals surface area contributed by atoms with Gasteiger partial charge >= 0.3 is 23.7 Å². The van der Waals surface area contributed by atoms with Crippen molar-refractivity contribution in [2.24, 2.45) is 0 Å². The number of ketones is 2. The average molecular weight is 264 g/mol. The molecule has 0 aliphatic heterocycles. The Morgan fingerprint density at radius 2 is 1.00 bits per heavy atom. The van der Waals surface area contributed by atoms with Gasteiger partial charge in [0, 0.05) is 12.2 Å². The zero-order chi connectivity index (χ0) is 13.7. The van der Waals surface area contributed by atoms with Crippen LogP contribution in [0.25, 0.3) is 0 Å². The van der Waals surface area contributed by atoms with E-state index in [1.807, 2.05) is 0 Å². The molecule has 0 aliphatic rings. The second kappa shape index (κ2) is 13.9. The first-order chi connectivity index (χ1) is 7.25. The van der Waals surface area contributed by atoms with E-state index >= 15 is 0 Å². The number of aliphatic hydroxyl groups is 2. The molecule has 6 heteroatoms. The number of carbonyl (C=O) groups excluding carboxylic acids is 2. The monoisotopic (exact) mass is 264 g/mol. The molecule has 0 saturated carbocycles. The van der Waals surface area contributed by atoms with Crippen LogP contribution in [-0.4, -0.2) is 21.8 Å². The first-order valence-electron chi connectivity index (χ1n) is 4.21. The molecule has 5 nitrogen and oxygen atoms in total. The van der Waals surface area contributed by atoms with Gasteiger partial charge in [-0.05, 0) is 27.7 Å². The molecule has 0 unspecified atom stereocenters. The van der Waals surface area contributed by atoms with E-state index in [0.717, 1.165) is 20.4 Å². The molecule has 0 radical (unpaired) electrons. The molecule has 90 valence electrons. The molecular formula is C10H16O5Ti. The van der Waals surface area contributed by atoms with Crippen LogP contribution in [0.2, 0.25) is 0 Å². The van der Waals surface area contributed by atoms with Gasteiger partial charge in [-0.1, -0.05) is 0 Å². The first-order valence-corrected chi connectivity index (χ1v) is 4.85. The van der Waals surface area contributed by atoms with Gasteiger partial charge < -0.3 is 10.2 Å². The molecule has 0 atom stereocenters. The van der Waals surface area contributed by atoms with Crippen molar-refractivity contribution >= 4 is 11.6 Å². The summed E-state index contributed by atoms with van der Waals surface area (Å²) in [6.45, 7) is 5.70. The summed E-state index contributed by atoms with van der Waals surface area (Å²) in [5.41, 5.74) is 0. The fraction of sp³-hybridized carbons (Fsp3) is 0.400. The maximum atomic E-state index is 10.0. The standard InChI is InChI=1S/2C5H8O2.O.Ti/c2*1-4(6)3-5(2)7;;/h2*3,6H,1-2H3;;. The van der Waals surface area contributed by atoms with Gasteiger partial charge in [0.2, 0.25) is 0 Å². The Labute approximate surface area is 107 Å². The fourth-order valence-corrected chi connectivity index (χ4v) is 0.588. The van der Waals surface area contributed by atoms with Gasteiger partial charge in [0.05, 0.1) is 11.5 Å². The van der Waals surface area contributed by atoms with Gasteiger partial charge in [-0.25, -0.2) is 0 Å². The van der Waals surface area contributed by atoms with Crippen LogP contribution in [0.15, 0.2) is 23.7 Å². The van der Waals surface area contributed by atoms with Gasteiger partial charge in [0.15, 0.2) is 11.6 Å². The van der Waals surface area contributed by atoms with E-state index in [4.69, 9.17) is 13.5 Å². The van der Waals surface area contributed by atoms with Crippen LogP contribution in [0, 0.1) is 0 Å². The molecule has 0 spiro atoms. The second-order valence-corrected chi connectivity index (χ2v) is 2.79. The van der Waals surface area contributed by atoms with Gasteiger partial charge in [-0.15, -0.1) is 0 Å². The van der Waals surface area contributed by atoms with Crippen molar-refractivity contribution in [2.45, 2.75) is 27.7 Å². The first kappa shape index (κ1) is 20.4. The predicted octanol–water partition coefficient (Wildman–Crippen LogP) is 1.95. The number of allylic oxidation sites excluding steroid dienone is 4. The van der Waals surface area contributed by atoms with Crippen LogP contribution in [0.1, 0.15) is 27.7 Å². The fourth-order valence-electron chi connectivity index (χ4n) is 0.588. The van der Waals surface area contributed by atoms with E-state index in [1.54, 1.807) is 0 Å². The van der Waals surface area contributed by atoms with Gasteiger partial charge in [-0.2, -0.15) is 0 Å². The van der Waals surface area contributed by atoms with E-state index in [1.165, 1.54) is 39.8 Å². The van der Waals surface area contributed by atoms with Crippen molar-refractivity contribution in [1.82, 2.24) is 0 Å². The topological polar surface area (TPSA) is 91.7 Å². The van der Waals surface area contributed by atoms with Crippen molar-refractivity contribution in [3.05, 3.63) is 23.7 Å². The number of carbonyl (C=O) groups is 2. The van der Waals surface area contributed by atoms with E-state index in [0.29, 0.717) is 0 Å². The normalized spacial score (nSPS) is 10.2. The summed E-state index contributed by atoms with van der Waals surface area (Å²) in [5.74, 6) is -0.125. The van der Waals surface area contributed by atoms with Crippen LogP contribution in [0.3, 0.4) is 0 Å². The molecule has 0 aliphatic carbocycles. The SMILES string of the molecule is CC(=O)C=C(C)O.CC(=O)C=C(C)O.[O]=[Ti]. The van der Waals surface area contributed by atoms with Gasteiger partial charge in [-0.3, -0.25) is 9.59 Å². The van der Waals surface area contributed by atoms with Crippen molar-refractivity contribution in [3.63, 3.8) is 0 Å². The van der Waals surface area contributed by atoms with Gasteiger partial charge in [0.25, 0.3) is 0 Å². The molecule has 2 N–H and O–H groups in total. The van der Waals surface area contributed by atoms with Crippen LogP contribution in [0.4, 0.5) is 0 Å². The summed E-state index contributed by atoms with van der Waals surface area (Å²) in [6, 6.07) is 0. The quantitative estimate of drug-likeness (QED) is 0.452. The predicted molar refractivity (Wildman–Crippen MR) is 54.8 cm³/mol. The minimum absolute atomic E-state index is 0.0625. The molecule has 0 heterocycles. The van der Waals surface area contributed by atoms with Crippen molar-refractivity contribution in [2.75, 3.05) is 0 Å². The summed E-state index contributed by atoms with van der Waals surface area (Å²) in [6.07, 6.45) is 2.33. The number of aliphatic hydroxyl groups excluding tert-OH is 2. The van der Waals surface area contributed by atoms with Crippen molar-refractivity contribution < 1.29 is 43.5 Å². The van der Waals surface area contributed by atoms with Crippen LogP contribution < -0.4 is 0 Å². The van der Waals surface area contributed by atoms with E-state index < -0.39 is 0 Å². The molecule has 0 saturated heterocycles. The number of hydrogen-bond donors (Lipinski definition) is 2. The molecule has 0 aromatic rings. The molecule has 0 aromatic carbocycles. The van der Waals surface area contributed by atoms with E-state index in [2.05, 4.69) is 0 Å². The molecule has 0 aromatic heterocycles. The number of hydrogen-bond acceptors (Lipinski definition) is 5. The van der Waals surface area contributed by atoms with Crippen LogP contribution >= 0.6 is 0 Å². The third-order valence-electron chi connectivity index (χ3n) is 0.824. The summed E-state index contributed by atoms with van der Waals surface area (Å²) >= 11 is 0.750. The number of rotatable bonds is 2. The summed E-state index contributed by atoms with van der Waals surface area (Å²) in [5, 5.41) is 16.7. The zero-order valence-electron chi connectivity index (χ0n) is 9.77. The molecule has 0 fully saturated rings. The Hall–Kier alpha value is -1.07. The Balaban J connectivity index is -0.000000183. The Kier molecular flexibility index (Phi) is 17.7. The summed E-state index contributed by atoms with van der Waals surface area (Å²) in [4.78, 5) is 20.0. The van der Waals surface area contributed by atoms with Gasteiger partial charge in [0.1, 0.15) is 0 Å². The second-order valence-electron chi connectivity index (χ2n) is 2.79. The Bertz CT molecular complexity index is 245. The molecule has 0 rings (SSSR count). The van der Waals surface area contributed by atoms with Crippen LogP contribution in [-0.2, 0) is 33.3 Å². The molecule has 16 heavy (non-hydrogen) atoms. The van der Waals surface area contributed by atoms with Crippen molar-refractivity contribution in [1.29, 1.82) is 0 Å². The third kappa shape index (κ3) is 38.3. The third-order valence-corrected chi connectivity index (χ3v) is 0.824. The summed E-state index contributed by atoms with van der Waals surface area (Å²) < 4.78 is 8.25. The van der Waals surface area contributed by atoms with Crippen molar-refractivity contribution in [3.8, 4) is 0 Å². The maximum absolute atomic E-state index is 10.0. The average Bonchev–Trinajstić information content (AvgIpc) is 2.03. The minimum atomic E-state index is -0.125. The Morgan fingerprint density at radius 3 is 1.00 bits per heavy atom. The Morgan fingerprint density at radius 1 is 0.812 bits per heavy atom. The molecule has 0 amide bonds. The van der Waals surface area contributed by atoms with Crippen LogP contribution in [0.5, 0.6) is 0 Å². The molecular weight excluding hydrogens is 248 g/mol. The zero-order valence-corrected chi connectivity index (χ0v) is 11.3. The van der Waals surface area contributed by atoms with E-state index in [-0.39, 0.29) is 23.1 Å².